The van der Waals surface area contributed by atoms with Crippen LogP contribution in [0.3, 0.4) is 0 Å². The van der Waals surface area contributed by atoms with Crippen LogP contribution in [-0.4, -0.2) is 31.1 Å². The number of carbonyl (C=O) groups is 3. The second-order valence-electron chi connectivity index (χ2n) is 6.29. The Morgan fingerprint density at radius 1 is 0.906 bits per heavy atom. The van der Waals surface area contributed by atoms with Gasteiger partial charge in [-0.3, -0.25) is 9.59 Å². The van der Waals surface area contributed by atoms with E-state index < -0.39 is 23.6 Å². The molecule has 3 rings (SSSR count). The third kappa shape index (κ3) is 5.76. The van der Waals surface area contributed by atoms with Crippen molar-refractivity contribution in [1.82, 2.24) is 5.43 Å². The van der Waals surface area contributed by atoms with Crippen LogP contribution < -0.4 is 20.2 Å². The molecule has 3 aromatic rings. The first-order chi connectivity index (χ1) is 15.5. The van der Waals surface area contributed by atoms with Gasteiger partial charge in [0.25, 0.3) is 0 Å². The molecule has 0 unspecified atom stereocenters. The summed E-state index contributed by atoms with van der Waals surface area (Å²) in [7, 11) is 1.45. The van der Waals surface area contributed by atoms with Crippen LogP contribution >= 0.6 is 0 Å². The summed E-state index contributed by atoms with van der Waals surface area (Å²) in [6.45, 7) is 0. The van der Waals surface area contributed by atoms with Crippen molar-refractivity contribution in [3.63, 3.8) is 0 Å². The van der Waals surface area contributed by atoms with Gasteiger partial charge in [-0.05, 0) is 54.1 Å². The van der Waals surface area contributed by atoms with E-state index in [2.05, 4.69) is 15.8 Å². The Kier molecular flexibility index (Phi) is 7.26. The topological polar surface area (TPSA) is 106 Å². The first kappa shape index (κ1) is 22.2. The largest absolute Gasteiger partial charge is 0.495 e. The Bertz CT molecular complexity index is 1160. The number of ether oxygens (including phenoxy) is 2. The molecule has 0 fully saturated rings. The fraction of sp³-hybridized carbons (Fsp3) is 0.0435. The van der Waals surface area contributed by atoms with Gasteiger partial charge in [-0.2, -0.15) is 5.10 Å². The number of methoxy groups -OCH3 is 1. The van der Waals surface area contributed by atoms with Crippen molar-refractivity contribution in [2.45, 2.75) is 0 Å². The van der Waals surface area contributed by atoms with Gasteiger partial charge in [0.15, 0.2) is 0 Å². The summed E-state index contributed by atoms with van der Waals surface area (Å²) in [5.74, 6) is -2.77. The summed E-state index contributed by atoms with van der Waals surface area (Å²) in [6.07, 6.45) is 1.30. The third-order valence-corrected chi connectivity index (χ3v) is 4.13. The molecule has 162 valence electrons. The fourth-order valence-electron chi connectivity index (χ4n) is 2.55. The number of hydrogen-bond donors (Lipinski definition) is 2. The van der Waals surface area contributed by atoms with Gasteiger partial charge >= 0.3 is 17.8 Å². The number of nitrogens with one attached hydrogen (secondary N) is 2. The van der Waals surface area contributed by atoms with Gasteiger partial charge in [-0.1, -0.05) is 24.3 Å². The predicted octanol–water partition coefficient (Wildman–Crippen LogP) is 3.14. The standard InChI is InChI=1S/C23H18FN3O5/c1-31-20-9-5-4-8-19(20)26-21(28)22(29)27-25-14-15-10-12-16(13-11-15)32-23(30)17-6-2-3-7-18(17)24/h2-14H,1H3,(H,26,28)(H,27,29). The van der Waals surface area contributed by atoms with Crippen LogP contribution in [0, 0.1) is 5.82 Å². The maximum absolute atomic E-state index is 13.6. The van der Waals surface area contributed by atoms with E-state index in [-0.39, 0.29) is 11.3 Å². The fourth-order valence-corrected chi connectivity index (χ4v) is 2.55. The lowest BCUT2D eigenvalue weighted by Crippen LogP contribution is -2.32. The van der Waals surface area contributed by atoms with Crippen molar-refractivity contribution in [2.75, 3.05) is 12.4 Å². The van der Waals surface area contributed by atoms with Crippen LogP contribution in [0.15, 0.2) is 77.9 Å². The molecule has 2 N–H and O–H groups in total. The van der Waals surface area contributed by atoms with Gasteiger partial charge in [0.2, 0.25) is 0 Å². The number of carbonyl (C=O) groups excluding carboxylic acids is 3. The van der Waals surface area contributed by atoms with E-state index in [1.54, 1.807) is 36.4 Å². The number of amides is 2. The average Bonchev–Trinajstić information content (AvgIpc) is 2.80. The Morgan fingerprint density at radius 2 is 1.59 bits per heavy atom. The molecule has 0 bridgehead atoms. The second-order valence-corrected chi connectivity index (χ2v) is 6.29. The van der Waals surface area contributed by atoms with E-state index >= 15 is 0 Å². The SMILES string of the molecule is COc1ccccc1NC(=O)C(=O)NN=Cc1ccc(OC(=O)c2ccccc2F)cc1. The molecule has 0 atom stereocenters. The van der Waals surface area contributed by atoms with Crippen molar-refractivity contribution < 1.29 is 28.2 Å². The van der Waals surface area contributed by atoms with Gasteiger partial charge < -0.3 is 14.8 Å². The zero-order valence-electron chi connectivity index (χ0n) is 16.9. The lowest BCUT2D eigenvalue weighted by Gasteiger charge is -2.08. The van der Waals surface area contributed by atoms with Gasteiger partial charge in [0, 0.05) is 0 Å². The minimum Gasteiger partial charge on any atom is -0.495 e. The van der Waals surface area contributed by atoms with Crippen LogP contribution in [0.25, 0.3) is 0 Å². The molecule has 0 aliphatic rings. The Labute approximate surface area is 182 Å². The summed E-state index contributed by atoms with van der Waals surface area (Å²) >= 11 is 0. The summed E-state index contributed by atoms with van der Waals surface area (Å²) < 4.78 is 23.9. The van der Waals surface area contributed by atoms with E-state index in [0.29, 0.717) is 17.0 Å². The maximum atomic E-state index is 13.6. The molecule has 0 saturated heterocycles. The van der Waals surface area contributed by atoms with Gasteiger partial charge in [-0.25, -0.2) is 14.6 Å². The molecule has 9 heteroatoms. The highest BCUT2D eigenvalue weighted by atomic mass is 19.1. The quantitative estimate of drug-likeness (QED) is 0.203. The number of nitrogens with zero attached hydrogens (tertiary/aromatic N) is 1. The van der Waals surface area contributed by atoms with Crippen molar-refractivity contribution in [3.05, 3.63) is 89.7 Å². The molecule has 0 aliphatic carbocycles. The first-order valence-corrected chi connectivity index (χ1v) is 9.32. The second kappa shape index (κ2) is 10.5. The summed E-state index contributed by atoms with van der Waals surface area (Å²) in [6, 6.07) is 18.2. The third-order valence-electron chi connectivity index (χ3n) is 4.13. The first-order valence-electron chi connectivity index (χ1n) is 9.32. The normalized spacial score (nSPS) is 10.4. The molecule has 3 aromatic carbocycles. The number of hydrogen-bond acceptors (Lipinski definition) is 6. The van der Waals surface area contributed by atoms with Crippen molar-refractivity contribution in [3.8, 4) is 11.5 Å². The van der Waals surface area contributed by atoms with E-state index in [9.17, 15) is 18.8 Å². The highest BCUT2D eigenvalue weighted by Gasteiger charge is 2.15. The van der Waals surface area contributed by atoms with Gasteiger partial charge in [-0.15, -0.1) is 0 Å². The van der Waals surface area contributed by atoms with Crippen LogP contribution in [0.2, 0.25) is 0 Å². The highest BCUT2D eigenvalue weighted by Crippen LogP contribution is 2.22. The van der Waals surface area contributed by atoms with Crippen molar-refractivity contribution in [2.24, 2.45) is 5.10 Å². The Morgan fingerprint density at radius 3 is 2.31 bits per heavy atom. The monoisotopic (exact) mass is 435 g/mol. The lowest BCUT2D eigenvalue weighted by molar-refractivity contribution is -0.136. The molecular weight excluding hydrogens is 417 g/mol. The molecule has 0 spiro atoms. The minimum atomic E-state index is -0.970. The smallest absolute Gasteiger partial charge is 0.346 e. The number of halogens is 1. The van der Waals surface area contributed by atoms with E-state index in [1.165, 1.54) is 49.7 Å². The average molecular weight is 435 g/mol. The van der Waals surface area contributed by atoms with Gasteiger partial charge in [0.1, 0.15) is 17.3 Å². The van der Waals surface area contributed by atoms with E-state index in [0.717, 1.165) is 0 Å². The Balaban J connectivity index is 1.53. The minimum absolute atomic E-state index is 0.174. The van der Waals surface area contributed by atoms with Crippen LogP contribution in [0.4, 0.5) is 10.1 Å². The van der Waals surface area contributed by atoms with Crippen LogP contribution in [0.5, 0.6) is 11.5 Å². The van der Waals surface area contributed by atoms with Crippen LogP contribution in [0.1, 0.15) is 15.9 Å². The molecule has 2 amide bonds. The number of para-hydroxylation sites is 2. The number of rotatable bonds is 6. The molecule has 32 heavy (non-hydrogen) atoms. The highest BCUT2D eigenvalue weighted by molar-refractivity contribution is 6.39. The maximum Gasteiger partial charge on any atom is 0.346 e. The number of benzene rings is 3. The number of anilines is 1. The predicted molar refractivity (Wildman–Crippen MR) is 115 cm³/mol. The molecule has 0 saturated carbocycles. The summed E-state index contributed by atoms with van der Waals surface area (Å²) in [5.41, 5.74) is 2.84. The number of hydrazone groups is 1. The Hall–Kier alpha value is -4.53. The molecule has 0 radical (unpaired) electrons. The van der Waals surface area contributed by atoms with Crippen molar-refractivity contribution >= 4 is 29.7 Å². The summed E-state index contributed by atoms with van der Waals surface area (Å²) in [5, 5.41) is 6.15. The van der Waals surface area contributed by atoms with E-state index in [4.69, 9.17) is 9.47 Å². The lowest BCUT2D eigenvalue weighted by atomic mass is 10.2. The summed E-state index contributed by atoms with van der Waals surface area (Å²) in [4.78, 5) is 35.9. The van der Waals surface area contributed by atoms with E-state index in [1.807, 2.05) is 0 Å². The molecule has 0 aliphatic heterocycles. The van der Waals surface area contributed by atoms with Gasteiger partial charge in [0.05, 0.1) is 24.6 Å². The molecule has 8 nitrogen and oxygen atoms in total. The van der Waals surface area contributed by atoms with Crippen molar-refractivity contribution in [1.29, 1.82) is 0 Å². The molecule has 0 heterocycles. The van der Waals surface area contributed by atoms with Crippen LogP contribution in [-0.2, 0) is 9.59 Å². The zero-order valence-corrected chi connectivity index (χ0v) is 16.9. The number of esters is 1. The molecule has 0 aromatic heterocycles. The zero-order chi connectivity index (χ0) is 22.9. The molecular formula is C23H18FN3O5.